The van der Waals surface area contributed by atoms with Gasteiger partial charge in [-0.3, -0.25) is 4.79 Å². The van der Waals surface area contributed by atoms with Crippen LogP contribution in [0.25, 0.3) is 0 Å². The summed E-state index contributed by atoms with van der Waals surface area (Å²) in [4.78, 5) is 15.1. The molecule has 5 nitrogen and oxygen atoms in total. The summed E-state index contributed by atoms with van der Waals surface area (Å²) < 4.78 is 22.6. The van der Waals surface area contributed by atoms with Crippen molar-refractivity contribution in [1.82, 2.24) is 4.90 Å². The van der Waals surface area contributed by atoms with E-state index in [1.165, 1.54) is 6.07 Å². The summed E-state index contributed by atoms with van der Waals surface area (Å²) in [5.74, 6) is 1.05. The second-order valence-corrected chi connectivity index (χ2v) is 9.00. The Morgan fingerprint density at radius 2 is 2.05 bits per heavy atom. The highest BCUT2D eigenvalue weighted by Crippen LogP contribution is 2.28. The summed E-state index contributed by atoms with van der Waals surface area (Å²) in [5.41, 5.74) is 0. The Balaban J connectivity index is 2.09. The highest BCUT2D eigenvalue weighted by Gasteiger charge is 2.31. The molecule has 0 radical (unpaired) electrons. The van der Waals surface area contributed by atoms with Crippen LogP contribution in [0.4, 0.5) is 0 Å². The Hall–Kier alpha value is -0.920. The lowest BCUT2D eigenvalue weighted by atomic mass is 9.86. The van der Waals surface area contributed by atoms with E-state index in [4.69, 9.17) is 5.14 Å². The molecule has 1 saturated heterocycles. The highest BCUT2D eigenvalue weighted by molar-refractivity contribution is 7.91. The molecule has 1 aliphatic heterocycles. The van der Waals surface area contributed by atoms with E-state index in [0.717, 1.165) is 29.2 Å². The molecule has 0 bridgehead atoms. The first-order valence-corrected chi connectivity index (χ1v) is 9.45. The number of primary sulfonamides is 1. The summed E-state index contributed by atoms with van der Waals surface area (Å²) in [6.45, 7) is 7.19. The number of nitrogens with two attached hydrogens (primary N) is 1. The molecule has 21 heavy (non-hydrogen) atoms. The van der Waals surface area contributed by atoms with Gasteiger partial charge in [0.15, 0.2) is 0 Å². The molecular weight excluding hydrogens is 308 g/mol. The first kappa shape index (κ1) is 16.5. The molecule has 2 heterocycles. The summed E-state index contributed by atoms with van der Waals surface area (Å²) in [6.07, 6.45) is 1.38. The number of hydrogen-bond acceptors (Lipinski definition) is 4. The SMILES string of the molecule is CC1CC(C)C(C)N(C(=O)Cc2ccc(S(N)(=O)=O)s2)C1. The molecule has 1 aromatic rings. The zero-order chi connectivity index (χ0) is 15.8. The first-order chi connectivity index (χ1) is 9.68. The number of nitrogens with zero attached hydrogens (tertiary/aromatic N) is 1. The number of rotatable bonds is 3. The second kappa shape index (κ2) is 6.06. The fraction of sp³-hybridized carbons (Fsp3) is 0.643. The van der Waals surface area contributed by atoms with Crippen LogP contribution >= 0.6 is 11.3 Å². The average Bonchev–Trinajstić information content (AvgIpc) is 2.82. The summed E-state index contributed by atoms with van der Waals surface area (Å²) in [6, 6.07) is 3.36. The van der Waals surface area contributed by atoms with Crippen LogP contribution < -0.4 is 5.14 Å². The van der Waals surface area contributed by atoms with Gasteiger partial charge in [-0.2, -0.15) is 0 Å². The van der Waals surface area contributed by atoms with Crippen LogP contribution in [0.2, 0.25) is 0 Å². The van der Waals surface area contributed by atoms with Gasteiger partial charge in [-0.15, -0.1) is 11.3 Å². The zero-order valence-corrected chi connectivity index (χ0v) is 14.2. The molecule has 0 spiro atoms. The van der Waals surface area contributed by atoms with E-state index in [1.807, 2.05) is 4.90 Å². The van der Waals surface area contributed by atoms with Crippen LogP contribution in [0.1, 0.15) is 32.1 Å². The molecule has 3 unspecified atom stereocenters. The van der Waals surface area contributed by atoms with E-state index < -0.39 is 10.0 Å². The van der Waals surface area contributed by atoms with E-state index in [1.54, 1.807) is 6.07 Å². The van der Waals surface area contributed by atoms with Crippen molar-refractivity contribution in [3.63, 3.8) is 0 Å². The predicted molar refractivity (Wildman–Crippen MR) is 83.5 cm³/mol. The molecule has 0 saturated carbocycles. The van der Waals surface area contributed by atoms with Gasteiger partial charge in [0.05, 0.1) is 6.42 Å². The van der Waals surface area contributed by atoms with Crippen LogP contribution in [-0.2, 0) is 21.2 Å². The third kappa shape index (κ3) is 3.84. The molecule has 118 valence electrons. The minimum atomic E-state index is -3.68. The molecule has 1 fully saturated rings. The largest absolute Gasteiger partial charge is 0.339 e. The maximum Gasteiger partial charge on any atom is 0.247 e. The number of thiophene rings is 1. The van der Waals surface area contributed by atoms with Gasteiger partial charge in [-0.05, 0) is 37.3 Å². The van der Waals surface area contributed by atoms with Gasteiger partial charge in [0.1, 0.15) is 4.21 Å². The normalized spacial score (nSPS) is 26.9. The minimum Gasteiger partial charge on any atom is -0.339 e. The van der Waals surface area contributed by atoms with Crippen molar-refractivity contribution in [3.8, 4) is 0 Å². The van der Waals surface area contributed by atoms with E-state index >= 15 is 0 Å². The van der Waals surface area contributed by atoms with E-state index in [-0.39, 0.29) is 22.6 Å². The van der Waals surface area contributed by atoms with Crippen molar-refractivity contribution in [3.05, 3.63) is 17.0 Å². The second-order valence-electron chi connectivity index (χ2n) is 6.05. The van der Waals surface area contributed by atoms with Gasteiger partial charge >= 0.3 is 0 Å². The Labute approximate surface area is 130 Å². The van der Waals surface area contributed by atoms with Crippen molar-refractivity contribution < 1.29 is 13.2 Å². The van der Waals surface area contributed by atoms with Crippen LogP contribution in [0, 0.1) is 11.8 Å². The van der Waals surface area contributed by atoms with Gasteiger partial charge in [0, 0.05) is 17.5 Å². The van der Waals surface area contributed by atoms with Crippen molar-refractivity contribution in [2.75, 3.05) is 6.54 Å². The number of likely N-dealkylation sites (tertiary alicyclic amines) is 1. The summed E-state index contributed by atoms with van der Waals surface area (Å²) in [5, 5.41) is 5.09. The Morgan fingerprint density at radius 3 is 2.62 bits per heavy atom. The molecule has 0 aromatic carbocycles. The Bertz CT molecular complexity index is 624. The Kier molecular flexibility index (Phi) is 4.75. The van der Waals surface area contributed by atoms with Crippen molar-refractivity contribution in [1.29, 1.82) is 0 Å². The topological polar surface area (TPSA) is 80.5 Å². The number of piperidine rings is 1. The maximum absolute atomic E-state index is 12.5. The monoisotopic (exact) mass is 330 g/mol. The van der Waals surface area contributed by atoms with Gasteiger partial charge in [0.25, 0.3) is 0 Å². The molecule has 2 rings (SSSR count). The highest BCUT2D eigenvalue weighted by atomic mass is 32.2. The zero-order valence-electron chi connectivity index (χ0n) is 12.6. The van der Waals surface area contributed by atoms with E-state index in [9.17, 15) is 13.2 Å². The van der Waals surface area contributed by atoms with Crippen molar-refractivity contribution >= 4 is 27.3 Å². The van der Waals surface area contributed by atoms with Crippen LogP contribution in [0.15, 0.2) is 16.3 Å². The molecular formula is C14H22N2O3S2. The van der Waals surface area contributed by atoms with Gasteiger partial charge < -0.3 is 4.90 Å². The fourth-order valence-electron chi connectivity index (χ4n) is 2.90. The third-order valence-electron chi connectivity index (χ3n) is 4.16. The van der Waals surface area contributed by atoms with Gasteiger partial charge in [-0.1, -0.05) is 13.8 Å². The molecule has 1 aliphatic rings. The van der Waals surface area contributed by atoms with Crippen molar-refractivity contribution in [2.45, 2.75) is 43.9 Å². The lowest BCUT2D eigenvalue weighted by Gasteiger charge is -2.41. The fourth-order valence-corrected chi connectivity index (χ4v) is 4.67. The summed E-state index contributed by atoms with van der Waals surface area (Å²) in [7, 11) is -3.68. The molecule has 2 N–H and O–H groups in total. The quantitative estimate of drug-likeness (QED) is 0.918. The minimum absolute atomic E-state index is 0.0590. The first-order valence-electron chi connectivity index (χ1n) is 7.09. The van der Waals surface area contributed by atoms with Gasteiger partial charge in [-0.25, -0.2) is 13.6 Å². The van der Waals surface area contributed by atoms with E-state index in [0.29, 0.717) is 11.8 Å². The summed E-state index contributed by atoms with van der Waals surface area (Å²) >= 11 is 1.07. The molecule has 7 heteroatoms. The predicted octanol–water partition coefficient (Wildman–Crippen LogP) is 1.83. The lowest BCUT2D eigenvalue weighted by Crippen LogP contribution is -2.49. The maximum atomic E-state index is 12.5. The van der Waals surface area contributed by atoms with Crippen molar-refractivity contribution in [2.24, 2.45) is 17.0 Å². The smallest absolute Gasteiger partial charge is 0.247 e. The standard InChI is InChI=1S/C14H22N2O3S2/c1-9-6-10(2)11(3)16(8-9)13(17)7-12-4-5-14(20-12)21(15,18)19/h4-5,9-11H,6-8H2,1-3H3,(H2,15,18,19). The van der Waals surface area contributed by atoms with Gasteiger partial charge in [0.2, 0.25) is 15.9 Å². The lowest BCUT2D eigenvalue weighted by molar-refractivity contribution is -0.136. The molecule has 1 amide bonds. The average molecular weight is 330 g/mol. The number of sulfonamides is 1. The number of carbonyl (C=O) groups excluding carboxylic acids is 1. The van der Waals surface area contributed by atoms with E-state index in [2.05, 4.69) is 20.8 Å². The van der Waals surface area contributed by atoms with Crippen LogP contribution in [-0.4, -0.2) is 31.8 Å². The third-order valence-corrected chi connectivity index (χ3v) is 6.68. The molecule has 1 aromatic heterocycles. The Morgan fingerprint density at radius 1 is 1.38 bits per heavy atom. The number of amides is 1. The molecule has 0 aliphatic carbocycles. The number of hydrogen-bond donors (Lipinski definition) is 1. The van der Waals surface area contributed by atoms with Crippen LogP contribution in [0.5, 0.6) is 0 Å². The van der Waals surface area contributed by atoms with Crippen LogP contribution in [0.3, 0.4) is 0 Å². The number of carbonyl (C=O) groups is 1. The molecule has 3 atom stereocenters.